The summed E-state index contributed by atoms with van der Waals surface area (Å²) in [5, 5.41) is 18.3. The Labute approximate surface area is 133 Å². The van der Waals surface area contributed by atoms with E-state index in [4.69, 9.17) is 0 Å². The van der Waals surface area contributed by atoms with Crippen LogP contribution in [0.4, 0.5) is 5.69 Å². The molecule has 0 unspecified atom stereocenters. The molecular formula is C12H10IN5O3. The summed E-state index contributed by atoms with van der Waals surface area (Å²) < 4.78 is 2.26. The molecule has 108 valence electrons. The molecule has 0 spiro atoms. The molecule has 2 aromatic rings. The van der Waals surface area contributed by atoms with Gasteiger partial charge in [0, 0.05) is 25.4 Å². The normalized spacial score (nSPS) is 10.8. The van der Waals surface area contributed by atoms with Crippen molar-refractivity contribution in [2.45, 2.75) is 0 Å². The average molecular weight is 399 g/mol. The number of aromatic nitrogens is 2. The minimum Gasteiger partial charge on any atom is -0.274 e. The molecule has 0 aliphatic heterocycles. The number of halogens is 1. The van der Waals surface area contributed by atoms with Crippen molar-refractivity contribution in [3.63, 3.8) is 0 Å². The minimum absolute atomic E-state index is 0.000718. The number of hydrazone groups is 1. The van der Waals surface area contributed by atoms with Gasteiger partial charge in [-0.25, -0.2) is 5.43 Å². The fraction of sp³-hybridized carbons (Fsp3) is 0.0833. The second kappa shape index (κ2) is 6.43. The molecule has 0 fully saturated rings. The van der Waals surface area contributed by atoms with E-state index in [9.17, 15) is 14.9 Å². The molecule has 2 rings (SSSR count). The molecule has 1 amide bonds. The molecular weight excluding hydrogens is 389 g/mol. The number of nitro benzene ring substituents is 1. The number of nitrogens with one attached hydrogen (secondary N) is 1. The number of benzene rings is 1. The van der Waals surface area contributed by atoms with Crippen LogP contribution in [0.2, 0.25) is 0 Å². The number of non-ortho nitro benzene ring substituents is 1. The van der Waals surface area contributed by atoms with Crippen LogP contribution in [0.15, 0.2) is 35.6 Å². The van der Waals surface area contributed by atoms with E-state index in [1.807, 2.05) is 22.6 Å². The van der Waals surface area contributed by atoms with E-state index in [0.29, 0.717) is 11.3 Å². The Morgan fingerprint density at radius 2 is 2.14 bits per heavy atom. The zero-order valence-electron chi connectivity index (χ0n) is 10.9. The maximum Gasteiger partial charge on any atom is 0.292 e. The summed E-state index contributed by atoms with van der Waals surface area (Å²) >= 11 is 2.01. The van der Waals surface area contributed by atoms with Crippen molar-refractivity contribution in [1.82, 2.24) is 15.2 Å². The van der Waals surface area contributed by atoms with Gasteiger partial charge in [-0.1, -0.05) is 0 Å². The Bertz CT molecular complexity index is 708. The van der Waals surface area contributed by atoms with E-state index < -0.39 is 10.8 Å². The topological polar surface area (TPSA) is 102 Å². The lowest BCUT2D eigenvalue weighted by atomic mass is 10.2. The Morgan fingerprint density at radius 3 is 2.67 bits per heavy atom. The van der Waals surface area contributed by atoms with Crippen LogP contribution in [0.25, 0.3) is 0 Å². The number of nitro groups is 1. The number of carbonyl (C=O) groups is 1. The van der Waals surface area contributed by atoms with Crippen molar-refractivity contribution in [3.8, 4) is 0 Å². The van der Waals surface area contributed by atoms with Gasteiger partial charge in [0.2, 0.25) is 0 Å². The van der Waals surface area contributed by atoms with Crippen molar-refractivity contribution in [2.75, 3.05) is 0 Å². The molecule has 0 radical (unpaired) electrons. The summed E-state index contributed by atoms with van der Waals surface area (Å²) in [6.07, 6.45) is 3.12. The summed E-state index contributed by atoms with van der Waals surface area (Å²) in [4.78, 5) is 21.8. The molecule has 0 saturated carbocycles. The van der Waals surface area contributed by atoms with E-state index in [2.05, 4.69) is 15.6 Å². The Hall–Kier alpha value is -2.30. The highest BCUT2D eigenvalue weighted by molar-refractivity contribution is 14.1. The quantitative estimate of drug-likeness (QED) is 0.366. The van der Waals surface area contributed by atoms with Crippen LogP contribution in [0.1, 0.15) is 16.1 Å². The van der Waals surface area contributed by atoms with Crippen molar-refractivity contribution in [2.24, 2.45) is 12.1 Å². The molecule has 21 heavy (non-hydrogen) atoms. The molecule has 8 nitrogen and oxygen atoms in total. The molecule has 0 bridgehead atoms. The molecule has 0 aliphatic rings. The average Bonchev–Trinajstić information content (AvgIpc) is 2.78. The Balaban J connectivity index is 2.00. The fourth-order valence-corrected chi connectivity index (χ4v) is 2.27. The van der Waals surface area contributed by atoms with Gasteiger partial charge >= 0.3 is 0 Å². The molecule has 0 aliphatic carbocycles. The van der Waals surface area contributed by atoms with Crippen LogP contribution in [0.3, 0.4) is 0 Å². The number of hydrogen-bond acceptors (Lipinski definition) is 5. The first-order valence-corrected chi connectivity index (χ1v) is 6.82. The van der Waals surface area contributed by atoms with Crippen molar-refractivity contribution < 1.29 is 9.72 Å². The van der Waals surface area contributed by atoms with Crippen LogP contribution in [-0.2, 0) is 7.05 Å². The third-order valence-corrected chi connectivity index (χ3v) is 3.27. The fourth-order valence-electron chi connectivity index (χ4n) is 1.51. The first-order valence-electron chi connectivity index (χ1n) is 5.74. The maximum atomic E-state index is 11.8. The lowest BCUT2D eigenvalue weighted by Crippen LogP contribution is -2.19. The predicted molar refractivity (Wildman–Crippen MR) is 84.1 cm³/mol. The highest BCUT2D eigenvalue weighted by Gasteiger charge is 2.13. The lowest BCUT2D eigenvalue weighted by Gasteiger charge is -1.97. The van der Waals surface area contributed by atoms with Crippen molar-refractivity contribution >= 4 is 40.4 Å². The number of aryl methyl sites for hydroxylation is 1. The van der Waals surface area contributed by atoms with Gasteiger partial charge in [0.05, 0.1) is 14.7 Å². The molecule has 1 heterocycles. The van der Waals surface area contributed by atoms with Gasteiger partial charge in [-0.3, -0.25) is 19.6 Å². The second-order valence-corrected chi connectivity index (χ2v) is 5.21. The lowest BCUT2D eigenvalue weighted by molar-refractivity contribution is -0.384. The van der Waals surface area contributed by atoms with Gasteiger partial charge in [-0.15, -0.1) is 0 Å². The number of carbonyl (C=O) groups excluding carboxylic acids is 1. The SMILES string of the molecule is Cn1cc(I)c(C(=O)N/N=C/c2ccc([N+](=O)[O-])cc2)n1. The standard InChI is InChI=1S/C12H10IN5O3/c1-17-7-10(13)11(16-17)12(19)15-14-6-8-2-4-9(5-3-8)18(20)21/h2-7H,1H3,(H,15,19)/b14-6+. The van der Waals surface area contributed by atoms with Gasteiger partial charge in [-0.05, 0) is 40.3 Å². The van der Waals surface area contributed by atoms with Crippen LogP contribution in [0, 0.1) is 13.7 Å². The number of nitrogens with zero attached hydrogens (tertiary/aromatic N) is 4. The van der Waals surface area contributed by atoms with Gasteiger partial charge in [-0.2, -0.15) is 10.2 Å². The minimum atomic E-state index is -0.480. The summed E-state index contributed by atoms with van der Waals surface area (Å²) in [7, 11) is 1.72. The number of rotatable bonds is 4. The summed E-state index contributed by atoms with van der Waals surface area (Å²) in [6, 6.07) is 5.81. The van der Waals surface area contributed by atoms with Crippen LogP contribution in [-0.4, -0.2) is 26.8 Å². The van der Waals surface area contributed by atoms with Gasteiger partial charge in [0.1, 0.15) is 0 Å². The van der Waals surface area contributed by atoms with Crippen molar-refractivity contribution in [1.29, 1.82) is 0 Å². The van der Waals surface area contributed by atoms with Gasteiger partial charge < -0.3 is 0 Å². The predicted octanol–water partition coefficient (Wildman–Crippen LogP) is 1.70. The molecule has 1 aromatic carbocycles. The van der Waals surface area contributed by atoms with Crippen LogP contribution >= 0.6 is 22.6 Å². The monoisotopic (exact) mass is 399 g/mol. The zero-order chi connectivity index (χ0) is 15.4. The highest BCUT2D eigenvalue weighted by atomic mass is 127. The second-order valence-electron chi connectivity index (χ2n) is 4.05. The van der Waals surface area contributed by atoms with E-state index >= 15 is 0 Å². The van der Waals surface area contributed by atoms with E-state index in [-0.39, 0.29) is 5.69 Å². The third-order valence-electron chi connectivity index (χ3n) is 2.48. The van der Waals surface area contributed by atoms with Crippen LogP contribution < -0.4 is 5.43 Å². The van der Waals surface area contributed by atoms with E-state index in [0.717, 1.165) is 3.57 Å². The number of hydrogen-bond donors (Lipinski definition) is 1. The Morgan fingerprint density at radius 1 is 1.48 bits per heavy atom. The summed E-state index contributed by atoms with van der Waals surface area (Å²) in [5.41, 5.74) is 3.28. The first kappa shape index (κ1) is 15.1. The number of amides is 1. The van der Waals surface area contributed by atoms with Gasteiger partial charge in [0.25, 0.3) is 11.6 Å². The molecule has 9 heteroatoms. The smallest absolute Gasteiger partial charge is 0.274 e. The van der Waals surface area contributed by atoms with Gasteiger partial charge in [0.15, 0.2) is 5.69 Å². The largest absolute Gasteiger partial charge is 0.292 e. The van der Waals surface area contributed by atoms with E-state index in [1.165, 1.54) is 35.2 Å². The molecule has 0 saturated heterocycles. The van der Waals surface area contributed by atoms with E-state index in [1.54, 1.807) is 13.2 Å². The third kappa shape index (κ3) is 3.84. The molecule has 1 N–H and O–H groups in total. The van der Waals surface area contributed by atoms with Crippen LogP contribution in [0.5, 0.6) is 0 Å². The Kier molecular flexibility index (Phi) is 4.62. The first-order chi connectivity index (χ1) is 9.97. The molecule has 1 aromatic heterocycles. The van der Waals surface area contributed by atoms with Crippen molar-refractivity contribution in [3.05, 3.63) is 55.4 Å². The highest BCUT2D eigenvalue weighted by Crippen LogP contribution is 2.11. The summed E-state index contributed by atoms with van der Waals surface area (Å²) in [6.45, 7) is 0. The maximum absolute atomic E-state index is 11.8. The zero-order valence-corrected chi connectivity index (χ0v) is 13.0. The summed E-state index contributed by atoms with van der Waals surface area (Å²) in [5.74, 6) is -0.418. The molecule has 0 atom stereocenters.